The van der Waals surface area contributed by atoms with Crippen LogP contribution in [0.1, 0.15) is 44.4 Å². The van der Waals surface area contributed by atoms with Crippen LogP contribution in [0.2, 0.25) is 0 Å². The molecule has 0 aliphatic rings. The molecule has 2 atom stereocenters. The molecule has 152 valence electrons. The summed E-state index contributed by atoms with van der Waals surface area (Å²) in [6, 6.07) is 7.57. The molecular weight excluding hydrogens is 356 g/mol. The number of aryl methyl sites for hydroxylation is 1. The highest BCUT2D eigenvalue weighted by atomic mass is 16.2. The molecular formula is C20H30N6O2. The zero-order valence-electron chi connectivity index (χ0n) is 17.0. The molecule has 0 radical (unpaired) electrons. The third-order valence-corrected chi connectivity index (χ3v) is 4.51. The molecule has 0 aliphatic carbocycles. The van der Waals surface area contributed by atoms with E-state index in [1.165, 1.54) is 11.9 Å². The fraction of sp³-hybridized carbons (Fsp3) is 0.500. The van der Waals surface area contributed by atoms with Crippen molar-refractivity contribution in [3.8, 4) is 0 Å². The van der Waals surface area contributed by atoms with Crippen LogP contribution < -0.4 is 16.0 Å². The summed E-state index contributed by atoms with van der Waals surface area (Å²) >= 11 is 0. The highest BCUT2D eigenvalue weighted by Crippen LogP contribution is 2.23. The Labute approximate surface area is 166 Å². The Morgan fingerprint density at radius 2 is 1.79 bits per heavy atom. The maximum absolute atomic E-state index is 12.4. The van der Waals surface area contributed by atoms with Gasteiger partial charge in [-0.1, -0.05) is 50.6 Å². The number of hydrogen-bond donors (Lipinski definition) is 3. The second kappa shape index (κ2) is 10.4. The van der Waals surface area contributed by atoms with E-state index in [-0.39, 0.29) is 29.9 Å². The summed E-state index contributed by atoms with van der Waals surface area (Å²) in [4.78, 5) is 28.0. The molecule has 2 aromatic rings. The average Bonchev–Trinajstić information content (AvgIpc) is 3.20. The summed E-state index contributed by atoms with van der Waals surface area (Å²) in [5, 5.41) is 12.9. The highest BCUT2D eigenvalue weighted by molar-refractivity contribution is 5.78. The Bertz CT molecular complexity index is 743. The number of rotatable bonds is 9. The standard InChI is InChI=1S/C20H30N6O2/c1-5-17(25-20(28)23-11-10-22-19(27)14(2)3)18(26-13-21-12-24-26)16-8-6-15(4)7-9-16/h6-9,12-14,17-18H,5,10-11H2,1-4H3,(H,22,27)(H2,23,25,28). The number of aromatic nitrogens is 3. The molecule has 3 amide bonds. The third kappa shape index (κ3) is 6.07. The first kappa shape index (κ1) is 21.4. The first-order valence-corrected chi connectivity index (χ1v) is 9.65. The van der Waals surface area contributed by atoms with Crippen molar-refractivity contribution in [1.29, 1.82) is 0 Å². The summed E-state index contributed by atoms with van der Waals surface area (Å²) in [5.41, 5.74) is 2.22. The minimum Gasteiger partial charge on any atom is -0.354 e. The van der Waals surface area contributed by atoms with Crippen molar-refractivity contribution < 1.29 is 9.59 Å². The van der Waals surface area contributed by atoms with E-state index in [4.69, 9.17) is 0 Å². The Morgan fingerprint density at radius 3 is 2.36 bits per heavy atom. The molecule has 0 saturated carbocycles. The fourth-order valence-corrected chi connectivity index (χ4v) is 2.88. The van der Waals surface area contributed by atoms with Gasteiger partial charge in [-0.25, -0.2) is 14.5 Å². The zero-order chi connectivity index (χ0) is 20.5. The first-order chi connectivity index (χ1) is 13.4. The van der Waals surface area contributed by atoms with Gasteiger partial charge in [-0.15, -0.1) is 0 Å². The molecule has 1 aromatic carbocycles. The molecule has 8 heteroatoms. The van der Waals surface area contributed by atoms with E-state index in [1.54, 1.807) is 11.0 Å². The van der Waals surface area contributed by atoms with E-state index in [9.17, 15) is 9.59 Å². The van der Waals surface area contributed by atoms with Gasteiger partial charge in [0.1, 0.15) is 12.7 Å². The van der Waals surface area contributed by atoms with E-state index in [0.29, 0.717) is 13.1 Å². The SMILES string of the molecule is CCC(NC(=O)NCCNC(=O)C(C)C)C(c1ccc(C)cc1)n1cncn1. The van der Waals surface area contributed by atoms with Crippen LogP contribution in [0, 0.1) is 12.8 Å². The molecule has 0 bridgehead atoms. The van der Waals surface area contributed by atoms with Gasteiger partial charge in [-0.2, -0.15) is 5.10 Å². The Hall–Kier alpha value is -2.90. The number of benzene rings is 1. The van der Waals surface area contributed by atoms with Gasteiger partial charge in [0.2, 0.25) is 5.91 Å². The molecule has 0 saturated heterocycles. The normalized spacial score (nSPS) is 13.0. The van der Waals surface area contributed by atoms with Crippen LogP contribution >= 0.6 is 0 Å². The molecule has 1 aromatic heterocycles. The van der Waals surface area contributed by atoms with Gasteiger partial charge < -0.3 is 16.0 Å². The van der Waals surface area contributed by atoms with Gasteiger partial charge in [0, 0.05) is 19.0 Å². The van der Waals surface area contributed by atoms with Crippen molar-refractivity contribution >= 4 is 11.9 Å². The minimum absolute atomic E-state index is 0.0285. The number of carbonyl (C=O) groups excluding carboxylic acids is 2. The second-order valence-corrected chi connectivity index (χ2v) is 7.09. The number of nitrogens with zero attached hydrogens (tertiary/aromatic N) is 3. The van der Waals surface area contributed by atoms with Gasteiger partial charge in [0.25, 0.3) is 0 Å². The maximum Gasteiger partial charge on any atom is 0.315 e. The van der Waals surface area contributed by atoms with Crippen LogP contribution in [0.15, 0.2) is 36.9 Å². The number of carbonyl (C=O) groups is 2. The van der Waals surface area contributed by atoms with Crippen LogP contribution in [0.3, 0.4) is 0 Å². The summed E-state index contributed by atoms with van der Waals surface area (Å²) in [5.74, 6) is -0.101. The lowest BCUT2D eigenvalue weighted by molar-refractivity contribution is -0.123. The molecule has 0 spiro atoms. The van der Waals surface area contributed by atoms with E-state index in [2.05, 4.69) is 26.0 Å². The largest absolute Gasteiger partial charge is 0.354 e. The van der Waals surface area contributed by atoms with Crippen LogP contribution in [0.25, 0.3) is 0 Å². The van der Waals surface area contributed by atoms with Crippen LogP contribution in [0.4, 0.5) is 4.79 Å². The van der Waals surface area contributed by atoms with Crippen LogP contribution in [-0.4, -0.2) is 45.8 Å². The Morgan fingerprint density at radius 1 is 1.11 bits per heavy atom. The summed E-state index contributed by atoms with van der Waals surface area (Å²) in [6.45, 7) is 8.47. The smallest absolute Gasteiger partial charge is 0.315 e. The third-order valence-electron chi connectivity index (χ3n) is 4.51. The van der Waals surface area contributed by atoms with E-state index >= 15 is 0 Å². The van der Waals surface area contributed by atoms with Gasteiger partial charge in [0.15, 0.2) is 0 Å². The van der Waals surface area contributed by atoms with Crippen molar-refractivity contribution in [2.45, 2.75) is 46.2 Å². The van der Waals surface area contributed by atoms with Gasteiger partial charge in [-0.3, -0.25) is 4.79 Å². The van der Waals surface area contributed by atoms with Crippen LogP contribution in [0.5, 0.6) is 0 Å². The van der Waals surface area contributed by atoms with Crippen molar-refractivity contribution in [2.24, 2.45) is 5.92 Å². The van der Waals surface area contributed by atoms with E-state index in [0.717, 1.165) is 12.0 Å². The molecule has 2 unspecified atom stereocenters. The molecule has 3 N–H and O–H groups in total. The van der Waals surface area contributed by atoms with E-state index < -0.39 is 0 Å². The van der Waals surface area contributed by atoms with Crippen LogP contribution in [-0.2, 0) is 4.79 Å². The predicted molar refractivity (Wildman–Crippen MR) is 108 cm³/mol. The topological polar surface area (TPSA) is 101 Å². The number of urea groups is 1. The summed E-state index contributed by atoms with van der Waals surface area (Å²) in [7, 11) is 0. The van der Waals surface area contributed by atoms with Crippen molar-refractivity contribution in [3.63, 3.8) is 0 Å². The van der Waals surface area contributed by atoms with Gasteiger partial charge in [-0.05, 0) is 18.9 Å². The quantitative estimate of drug-likeness (QED) is 0.574. The maximum atomic E-state index is 12.4. The van der Waals surface area contributed by atoms with Crippen molar-refractivity contribution in [2.75, 3.05) is 13.1 Å². The monoisotopic (exact) mass is 386 g/mol. The predicted octanol–water partition coefficient (Wildman–Crippen LogP) is 2.03. The average molecular weight is 387 g/mol. The Balaban J connectivity index is 2.00. The lowest BCUT2D eigenvalue weighted by atomic mass is 9.96. The number of hydrogen-bond acceptors (Lipinski definition) is 4. The molecule has 1 heterocycles. The molecule has 0 aliphatic heterocycles. The molecule has 28 heavy (non-hydrogen) atoms. The highest BCUT2D eigenvalue weighted by Gasteiger charge is 2.26. The summed E-state index contributed by atoms with van der Waals surface area (Å²) in [6.07, 6.45) is 3.87. The van der Waals surface area contributed by atoms with Gasteiger partial charge >= 0.3 is 6.03 Å². The second-order valence-electron chi connectivity index (χ2n) is 7.09. The van der Waals surface area contributed by atoms with Crippen molar-refractivity contribution in [3.05, 3.63) is 48.0 Å². The lowest BCUT2D eigenvalue weighted by Crippen LogP contribution is -2.48. The lowest BCUT2D eigenvalue weighted by Gasteiger charge is -2.28. The Kier molecular flexibility index (Phi) is 7.98. The number of nitrogens with one attached hydrogen (secondary N) is 3. The minimum atomic E-state index is -0.275. The summed E-state index contributed by atoms with van der Waals surface area (Å²) < 4.78 is 1.77. The fourth-order valence-electron chi connectivity index (χ4n) is 2.88. The zero-order valence-corrected chi connectivity index (χ0v) is 17.0. The van der Waals surface area contributed by atoms with E-state index in [1.807, 2.05) is 52.0 Å². The molecule has 8 nitrogen and oxygen atoms in total. The molecule has 0 fully saturated rings. The number of amides is 3. The van der Waals surface area contributed by atoms with Gasteiger partial charge in [0.05, 0.1) is 12.1 Å². The van der Waals surface area contributed by atoms with Crippen molar-refractivity contribution in [1.82, 2.24) is 30.7 Å². The molecule has 2 rings (SSSR count). The first-order valence-electron chi connectivity index (χ1n) is 9.65.